The van der Waals surface area contributed by atoms with Crippen molar-refractivity contribution < 1.29 is 0 Å². The van der Waals surface area contributed by atoms with E-state index in [-0.39, 0.29) is 24.0 Å². The Bertz CT molecular complexity index is 146. The van der Waals surface area contributed by atoms with E-state index >= 15 is 0 Å². The van der Waals surface area contributed by atoms with Crippen LogP contribution in [-0.2, 0) is 6.42 Å². The molecule has 1 heteroatoms. The van der Waals surface area contributed by atoms with E-state index in [2.05, 4.69) is 31.2 Å². The third-order valence-corrected chi connectivity index (χ3v) is 1.25. The Morgan fingerprint density at radius 3 is 1.73 bits per heavy atom. The molecular formula is C10H17I. The molecule has 0 saturated heterocycles. The number of aryl methyl sites for hydroxylation is 1. The Balaban J connectivity index is 0. The van der Waals surface area contributed by atoms with Crippen LogP contribution < -0.4 is 0 Å². The predicted octanol–water partition coefficient (Wildman–Crippen LogP) is 3.89. The minimum absolute atomic E-state index is 0. The van der Waals surface area contributed by atoms with Crippen molar-refractivity contribution in [1.82, 2.24) is 0 Å². The van der Waals surface area contributed by atoms with Gasteiger partial charge in [-0.2, -0.15) is 0 Å². The molecule has 0 N–H and O–H groups in total. The van der Waals surface area contributed by atoms with E-state index < -0.39 is 0 Å². The highest BCUT2D eigenvalue weighted by atomic mass is 127. The van der Waals surface area contributed by atoms with Gasteiger partial charge in [-0.1, -0.05) is 51.1 Å². The van der Waals surface area contributed by atoms with Crippen molar-refractivity contribution >= 4 is 24.0 Å². The minimum Gasteiger partial charge on any atom is -0.107 e. The second-order valence-electron chi connectivity index (χ2n) is 1.84. The third kappa shape index (κ3) is 6.35. The van der Waals surface area contributed by atoms with Crippen molar-refractivity contribution in [2.24, 2.45) is 0 Å². The van der Waals surface area contributed by atoms with Gasteiger partial charge in [-0.25, -0.2) is 0 Å². The van der Waals surface area contributed by atoms with Gasteiger partial charge in [-0.15, -0.1) is 24.0 Å². The molecule has 0 amide bonds. The van der Waals surface area contributed by atoms with Crippen molar-refractivity contribution in [3.8, 4) is 0 Å². The number of hydrogen-bond acceptors (Lipinski definition) is 0. The molecular weight excluding hydrogens is 247 g/mol. The van der Waals surface area contributed by atoms with Crippen LogP contribution in [0.3, 0.4) is 0 Å². The van der Waals surface area contributed by atoms with E-state index in [4.69, 9.17) is 0 Å². The molecule has 64 valence electrons. The van der Waals surface area contributed by atoms with Crippen molar-refractivity contribution in [2.75, 3.05) is 0 Å². The predicted molar refractivity (Wildman–Crippen MR) is 62.6 cm³/mol. The van der Waals surface area contributed by atoms with Gasteiger partial charge >= 0.3 is 0 Å². The second kappa shape index (κ2) is 9.95. The smallest absolute Gasteiger partial charge is 0.0307 e. The fraction of sp³-hybridized carbons (Fsp3) is 0.400. The molecule has 0 aliphatic heterocycles. The molecule has 11 heavy (non-hydrogen) atoms. The molecule has 0 saturated carbocycles. The number of rotatable bonds is 1. The maximum absolute atomic E-state index is 2.16. The summed E-state index contributed by atoms with van der Waals surface area (Å²) in [7, 11) is 0. The van der Waals surface area contributed by atoms with Gasteiger partial charge < -0.3 is 0 Å². The van der Waals surface area contributed by atoms with Crippen molar-refractivity contribution in [2.45, 2.75) is 27.2 Å². The molecule has 1 aromatic carbocycles. The lowest BCUT2D eigenvalue weighted by Crippen LogP contribution is -1.73. The topological polar surface area (TPSA) is 0 Å². The summed E-state index contributed by atoms with van der Waals surface area (Å²) in [6, 6.07) is 10.5. The van der Waals surface area contributed by atoms with Crippen LogP contribution in [0.15, 0.2) is 30.3 Å². The third-order valence-electron chi connectivity index (χ3n) is 1.25. The zero-order valence-electron chi connectivity index (χ0n) is 7.50. The van der Waals surface area contributed by atoms with Crippen LogP contribution in [0.1, 0.15) is 26.3 Å². The summed E-state index contributed by atoms with van der Waals surface area (Å²) in [5.41, 5.74) is 1.41. The summed E-state index contributed by atoms with van der Waals surface area (Å²) in [5, 5.41) is 0. The van der Waals surface area contributed by atoms with Crippen LogP contribution in [0.5, 0.6) is 0 Å². The van der Waals surface area contributed by atoms with E-state index in [0.717, 1.165) is 6.42 Å². The zero-order chi connectivity index (χ0) is 7.82. The lowest BCUT2D eigenvalue weighted by atomic mass is 10.2. The van der Waals surface area contributed by atoms with Gasteiger partial charge in [0, 0.05) is 0 Å². The Morgan fingerprint density at radius 2 is 1.45 bits per heavy atom. The minimum atomic E-state index is 0. The first-order valence-corrected chi connectivity index (χ1v) is 3.97. The Kier molecular flexibility index (Phi) is 12.2. The van der Waals surface area contributed by atoms with Crippen molar-refractivity contribution in [1.29, 1.82) is 0 Å². The molecule has 0 spiro atoms. The monoisotopic (exact) mass is 264 g/mol. The molecule has 0 aliphatic carbocycles. The van der Waals surface area contributed by atoms with Crippen LogP contribution in [0, 0.1) is 0 Å². The van der Waals surface area contributed by atoms with Gasteiger partial charge in [-0.05, 0) is 12.0 Å². The molecule has 1 aromatic rings. The molecule has 0 aromatic heterocycles. The first-order chi connectivity index (χ1) is 4.93. The van der Waals surface area contributed by atoms with Crippen LogP contribution in [0.4, 0.5) is 0 Å². The molecule has 0 heterocycles. The van der Waals surface area contributed by atoms with Crippen LogP contribution in [0.2, 0.25) is 0 Å². The van der Waals surface area contributed by atoms with Crippen LogP contribution in [-0.4, -0.2) is 0 Å². The fourth-order valence-corrected chi connectivity index (χ4v) is 0.714. The molecule has 0 bridgehead atoms. The summed E-state index contributed by atoms with van der Waals surface area (Å²) in [4.78, 5) is 0. The van der Waals surface area contributed by atoms with Crippen LogP contribution >= 0.6 is 24.0 Å². The largest absolute Gasteiger partial charge is 0.107 e. The average Bonchev–Trinajstić information content (AvgIpc) is 2.10. The molecule has 0 aliphatic rings. The van der Waals surface area contributed by atoms with Gasteiger partial charge in [0.25, 0.3) is 0 Å². The Morgan fingerprint density at radius 1 is 1.00 bits per heavy atom. The first kappa shape index (κ1) is 13.5. The second-order valence-corrected chi connectivity index (χ2v) is 1.84. The van der Waals surface area contributed by atoms with E-state index in [1.807, 2.05) is 19.9 Å². The lowest BCUT2D eigenvalue weighted by Gasteiger charge is -1.89. The standard InChI is InChI=1S/C8H10.C2H6.HI/c1-2-8-6-4-3-5-7-8;1-2;/h3-7H,2H2,1H3;1-2H3;1H. The van der Waals surface area contributed by atoms with E-state index in [9.17, 15) is 0 Å². The molecule has 0 fully saturated rings. The fourth-order valence-electron chi connectivity index (χ4n) is 0.714. The number of halogens is 1. The highest BCUT2D eigenvalue weighted by Crippen LogP contribution is 1.96. The summed E-state index contributed by atoms with van der Waals surface area (Å²) >= 11 is 0. The molecule has 1 rings (SSSR count). The highest BCUT2D eigenvalue weighted by molar-refractivity contribution is 14.0. The molecule has 0 unspecified atom stereocenters. The quantitative estimate of drug-likeness (QED) is 0.675. The van der Waals surface area contributed by atoms with E-state index in [1.165, 1.54) is 5.56 Å². The molecule has 0 nitrogen and oxygen atoms in total. The Labute approximate surface area is 87.0 Å². The summed E-state index contributed by atoms with van der Waals surface area (Å²) in [6.07, 6.45) is 1.14. The number of benzene rings is 1. The Hall–Kier alpha value is -0.0500. The van der Waals surface area contributed by atoms with Gasteiger partial charge in [0.05, 0.1) is 0 Å². The van der Waals surface area contributed by atoms with Gasteiger partial charge in [0.2, 0.25) is 0 Å². The number of hydrogen-bond donors (Lipinski definition) is 0. The lowest BCUT2D eigenvalue weighted by molar-refractivity contribution is 1.14. The van der Waals surface area contributed by atoms with Crippen molar-refractivity contribution in [3.05, 3.63) is 35.9 Å². The van der Waals surface area contributed by atoms with Gasteiger partial charge in [-0.3, -0.25) is 0 Å². The summed E-state index contributed by atoms with van der Waals surface area (Å²) < 4.78 is 0. The SMILES string of the molecule is CC.CCc1ccccc1.I. The van der Waals surface area contributed by atoms with E-state index in [1.54, 1.807) is 0 Å². The molecule has 0 atom stereocenters. The zero-order valence-corrected chi connectivity index (χ0v) is 9.83. The maximum Gasteiger partial charge on any atom is -0.0307 e. The van der Waals surface area contributed by atoms with Gasteiger partial charge in [0.15, 0.2) is 0 Å². The van der Waals surface area contributed by atoms with Crippen molar-refractivity contribution in [3.63, 3.8) is 0 Å². The van der Waals surface area contributed by atoms with E-state index in [0.29, 0.717) is 0 Å². The normalized spacial score (nSPS) is 7.18. The average molecular weight is 264 g/mol. The van der Waals surface area contributed by atoms with Crippen LogP contribution in [0.25, 0.3) is 0 Å². The molecule has 0 radical (unpaired) electrons. The first-order valence-electron chi connectivity index (χ1n) is 3.97. The maximum atomic E-state index is 2.16. The highest BCUT2D eigenvalue weighted by Gasteiger charge is 1.79. The van der Waals surface area contributed by atoms with Gasteiger partial charge in [0.1, 0.15) is 0 Å². The summed E-state index contributed by atoms with van der Waals surface area (Å²) in [6.45, 7) is 6.16. The summed E-state index contributed by atoms with van der Waals surface area (Å²) in [5.74, 6) is 0.